The zero-order valence-corrected chi connectivity index (χ0v) is 29.9. The summed E-state index contributed by atoms with van der Waals surface area (Å²) in [5.74, 6) is -4.82. The lowest BCUT2D eigenvalue weighted by Crippen LogP contribution is -2.53. The van der Waals surface area contributed by atoms with E-state index < -0.39 is 46.8 Å². The van der Waals surface area contributed by atoms with Crippen molar-refractivity contribution in [2.24, 2.45) is 23.7 Å². The van der Waals surface area contributed by atoms with E-state index >= 15 is 4.79 Å². The van der Waals surface area contributed by atoms with Crippen molar-refractivity contribution < 1.29 is 24.3 Å². The molecule has 1 saturated carbocycles. The molecule has 4 aliphatic rings. The normalized spacial score (nSPS) is 26.4. The number of aromatic hydroxyl groups is 1. The first-order valence-electron chi connectivity index (χ1n) is 17.9. The molecule has 3 fully saturated rings. The summed E-state index contributed by atoms with van der Waals surface area (Å²) in [5, 5.41) is 14.0. The van der Waals surface area contributed by atoms with Gasteiger partial charge in [-0.3, -0.25) is 24.6 Å². The number of phenolic OH excluding ortho intramolecular Hbond substituents is 1. The number of hydrazine groups is 1. The largest absolute Gasteiger partial charge is 0.507 e. The Hall–Kier alpha value is -5.73. The van der Waals surface area contributed by atoms with E-state index in [1.807, 2.05) is 105 Å². The van der Waals surface area contributed by atoms with Crippen LogP contribution in [0.4, 0.5) is 11.4 Å². The Morgan fingerprint density at radius 3 is 2.23 bits per heavy atom. The first-order chi connectivity index (χ1) is 25.6. The van der Waals surface area contributed by atoms with E-state index in [9.17, 15) is 19.5 Å². The minimum atomic E-state index is -1.42. The van der Waals surface area contributed by atoms with Crippen LogP contribution in [-0.4, -0.2) is 33.7 Å². The third-order valence-electron chi connectivity index (χ3n) is 12.1. The molecule has 5 aromatic carbocycles. The Bertz CT molecular complexity index is 2410. The Labute approximate surface area is 311 Å². The number of hydrogen-bond acceptors (Lipinski definition) is 6. The van der Waals surface area contributed by atoms with Gasteiger partial charge in [-0.05, 0) is 85.0 Å². The summed E-state index contributed by atoms with van der Waals surface area (Å²) in [4.78, 5) is 60.5. The topological polar surface area (TPSA) is 107 Å². The highest BCUT2D eigenvalue weighted by atomic mass is 35.5. The van der Waals surface area contributed by atoms with Crippen molar-refractivity contribution in [1.29, 1.82) is 0 Å². The molecule has 0 aromatic heterocycles. The molecule has 2 heterocycles. The number of rotatable bonds is 5. The maximum absolute atomic E-state index is 15.5. The minimum Gasteiger partial charge on any atom is -0.507 e. The number of carbonyl (C=O) groups is 4. The van der Waals surface area contributed by atoms with Gasteiger partial charge < -0.3 is 5.11 Å². The molecule has 6 unspecified atom stereocenters. The smallest absolute Gasteiger partial charge is 0.260 e. The standard InChI is InChI=1S/C44H36ClN3O5/c1-24-12-15-27(16-13-24)46-48-41(51)35-23-34-32(18-19-33-38(34)42(52)47(40(33)50)28-17-14-25(2)36(45)22-28)39(44(35,43(48)53)26-8-4-3-5-9-26)31-20-21-37(49)30-11-7-6-10-29(30)31/h3-18,20-22,33-35,38-39,46,49H,19,23H2,1-2H3. The first-order valence-corrected chi connectivity index (χ1v) is 18.3. The van der Waals surface area contributed by atoms with Gasteiger partial charge in [0.1, 0.15) is 5.75 Å². The van der Waals surface area contributed by atoms with Crippen LogP contribution in [0.25, 0.3) is 10.8 Å². The van der Waals surface area contributed by atoms with Crippen LogP contribution in [0, 0.1) is 37.5 Å². The quantitative estimate of drug-likeness (QED) is 0.141. The highest BCUT2D eigenvalue weighted by molar-refractivity contribution is 6.32. The molecule has 2 aliphatic heterocycles. The summed E-state index contributed by atoms with van der Waals surface area (Å²) < 4.78 is 0. The lowest BCUT2D eigenvalue weighted by atomic mass is 9.49. The van der Waals surface area contributed by atoms with Gasteiger partial charge in [0, 0.05) is 16.3 Å². The number of benzene rings is 5. The lowest BCUT2D eigenvalue weighted by Gasteiger charge is -2.51. The fourth-order valence-corrected chi connectivity index (χ4v) is 9.80. The monoisotopic (exact) mass is 721 g/mol. The van der Waals surface area contributed by atoms with Crippen molar-refractivity contribution in [3.8, 4) is 5.75 Å². The van der Waals surface area contributed by atoms with E-state index in [1.54, 1.807) is 24.3 Å². The molecule has 9 rings (SSSR count). The fraction of sp³-hybridized carbons (Fsp3) is 0.227. The molecule has 2 aliphatic carbocycles. The molecular formula is C44H36ClN3O5. The van der Waals surface area contributed by atoms with Crippen LogP contribution < -0.4 is 10.3 Å². The van der Waals surface area contributed by atoms with E-state index in [4.69, 9.17) is 11.6 Å². The summed E-state index contributed by atoms with van der Waals surface area (Å²) in [6.45, 7) is 3.83. The van der Waals surface area contributed by atoms with Gasteiger partial charge in [-0.25, -0.2) is 4.90 Å². The average molecular weight is 722 g/mol. The van der Waals surface area contributed by atoms with Gasteiger partial charge in [-0.1, -0.05) is 108 Å². The molecular weight excluding hydrogens is 686 g/mol. The molecule has 0 bridgehead atoms. The second kappa shape index (κ2) is 12.2. The SMILES string of the molecule is Cc1ccc(NN2C(=O)C3CC4C(=CCC5C(=O)N(c6ccc(C)c(Cl)c6)C(=O)C54)C(c4ccc(O)c5ccccc45)C3(c3ccccc3)C2=O)cc1. The van der Waals surface area contributed by atoms with E-state index in [1.165, 1.54) is 4.90 Å². The summed E-state index contributed by atoms with van der Waals surface area (Å²) in [6, 6.07) is 33.1. The Balaban J connectivity index is 1.27. The zero-order valence-electron chi connectivity index (χ0n) is 29.1. The number of anilines is 2. The molecule has 0 radical (unpaired) electrons. The number of hydrogen-bond donors (Lipinski definition) is 2. The maximum atomic E-state index is 15.5. The summed E-state index contributed by atoms with van der Waals surface area (Å²) >= 11 is 6.48. The van der Waals surface area contributed by atoms with Gasteiger partial charge in [-0.15, -0.1) is 0 Å². The molecule has 9 heteroatoms. The number of nitrogens with zero attached hydrogens (tertiary/aromatic N) is 2. The van der Waals surface area contributed by atoms with Gasteiger partial charge in [0.05, 0.1) is 34.5 Å². The predicted molar refractivity (Wildman–Crippen MR) is 203 cm³/mol. The van der Waals surface area contributed by atoms with Crippen LogP contribution in [0.15, 0.2) is 121 Å². The van der Waals surface area contributed by atoms with Crippen molar-refractivity contribution in [1.82, 2.24) is 5.01 Å². The van der Waals surface area contributed by atoms with Crippen LogP contribution in [0.2, 0.25) is 5.02 Å². The van der Waals surface area contributed by atoms with Gasteiger partial charge in [-0.2, -0.15) is 5.01 Å². The summed E-state index contributed by atoms with van der Waals surface area (Å²) in [5.41, 5.74) is 6.91. The Morgan fingerprint density at radius 1 is 0.774 bits per heavy atom. The third kappa shape index (κ3) is 4.74. The number of fused-ring (bicyclic) bond motifs is 5. The highest BCUT2D eigenvalue weighted by Gasteiger charge is 2.70. The molecule has 4 amide bonds. The zero-order chi connectivity index (χ0) is 36.8. The molecule has 2 saturated heterocycles. The van der Waals surface area contributed by atoms with Gasteiger partial charge in [0.25, 0.3) is 11.8 Å². The van der Waals surface area contributed by atoms with Gasteiger partial charge in [0.15, 0.2) is 0 Å². The van der Waals surface area contributed by atoms with Gasteiger partial charge >= 0.3 is 0 Å². The number of carbonyl (C=O) groups excluding carboxylic acids is 4. The third-order valence-corrected chi connectivity index (χ3v) is 12.5. The van der Waals surface area contributed by atoms with E-state index in [0.29, 0.717) is 33.8 Å². The van der Waals surface area contributed by atoms with Crippen LogP contribution in [0.1, 0.15) is 41.0 Å². The van der Waals surface area contributed by atoms with Crippen LogP contribution >= 0.6 is 11.6 Å². The molecule has 0 spiro atoms. The number of imide groups is 2. The van der Waals surface area contributed by atoms with Crippen LogP contribution in [-0.2, 0) is 24.6 Å². The average Bonchev–Trinajstić information content (AvgIpc) is 3.55. The molecule has 2 N–H and O–H groups in total. The second-order valence-electron chi connectivity index (χ2n) is 14.8. The number of nitrogens with one attached hydrogen (secondary N) is 1. The highest BCUT2D eigenvalue weighted by Crippen LogP contribution is 2.65. The number of amides is 4. The number of halogens is 1. The first kappa shape index (κ1) is 33.1. The predicted octanol–water partition coefficient (Wildman–Crippen LogP) is 8.01. The minimum absolute atomic E-state index is 0.0974. The van der Waals surface area contributed by atoms with E-state index in [-0.39, 0.29) is 24.0 Å². The van der Waals surface area contributed by atoms with E-state index in [0.717, 1.165) is 32.7 Å². The number of aryl methyl sites for hydroxylation is 2. The number of allylic oxidation sites excluding steroid dienone is 2. The van der Waals surface area contributed by atoms with E-state index in [2.05, 4.69) is 5.43 Å². The molecule has 5 aromatic rings. The van der Waals surface area contributed by atoms with Crippen molar-refractivity contribution in [3.63, 3.8) is 0 Å². The second-order valence-corrected chi connectivity index (χ2v) is 15.2. The maximum Gasteiger partial charge on any atom is 0.260 e. The van der Waals surface area contributed by atoms with Gasteiger partial charge in [0.2, 0.25) is 11.8 Å². The Morgan fingerprint density at radius 2 is 1.49 bits per heavy atom. The van der Waals surface area contributed by atoms with Crippen molar-refractivity contribution in [2.75, 3.05) is 10.3 Å². The van der Waals surface area contributed by atoms with Crippen molar-refractivity contribution in [3.05, 3.63) is 148 Å². The van der Waals surface area contributed by atoms with Crippen molar-refractivity contribution >= 4 is 57.4 Å². The molecule has 6 atom stereocenters. The van der Waals surface area contributed by atoms with Crippen LogP contribution in [0.3, 0.4) is 0 Å². The number of phenols is 1. The van der Waals surface area contributed by atoms with Crippen LogP contribution in [0.5, 0.6) is 5.75 Å². The summed E-state index contributed by atoms with van der Waals surface area (Å²) in [7, 11) is 0. The summed E-state index contributed by atoms with van der Waals surface area (Å²) in [6.07, 6.45) is 2.53. The lowest BCUT2D eigenvalue weighted by molar-refractivity contribution is -0.138. The molecule has 264 valence electrons. The van der Waals surface area contributed by atoms with Crippen molar-refractivity contribution in [2.45, 2.75) is 38.0 Å². The molecule has 53 heavy (non-hydrogen) atoms. The molecule has 8 nitrogen and oxygen atoms in total. The fourth-order valence-electron chi connectivity index (χ4n) is 9.63. The Kier molecular flexibility index (Phi) is 7.61.